The van der Waals surface area contributed by atoms with Crippen molar-refractivity contribution in [3.05, 3.63) is 29.8 Å². The zero-order valence-electron chi connectivity index (χ0n) is 12.0. The van der Waals surface area contributed by atoms with E-state index < -0.39 is 0 Å². The van der Waals surface area contributed by atoms with E-state index in [1.54, 1.807) is 7.11 Å². The van der Waals surface area contributed by atoms with Crippen molar-refractivity contribution in [2.24, 2.45) is 5.92 Å². The SMILES string of the molecule is COc1ccc(C(NCC2COCCO2)C2CC2)cc1. The van der Waals surface area contributed by atoms with Gasteiger partial charge in [0.1, 0.15) is 5.75 Å². The van der Waals surface area contributed by atoms with Crippen molar-refractivity contribution in [2.75, 3.05) is 33.5 Å². The maximum absolute atomic E-state index is 5.69. The Morgan fingerprint density at radius 1 is 1.25 bits per heavy atom. The van der Waals surface area contributed by atoms with E-state index in [4.69, 9.17) is 14.2 Å². The first kappa shape index (κ1) is 13.9. The van der Waals surface area contributed by atoms with Gasteiger partial charge in [-0.3, -0.25) is 0 Å². The van der Waals surface area contributed by atoms with Crippen molar-refractivity contribution in [2.45, 2.75) is 25.0 Å². The minimum atomic E-state index is 0.184. The Morgan fingerprint density at radius 2 is 2.05 bits per heavy atom. The number of ether oxygens (including phenoxy) is 3. The van der Waals surface area contributed by atoms with E-state index in [0.29, 0.717) is 19.3 Å². The minimum absolute atomic E-state index is 0.184. The lowest BCUT2D eigenvalue weighted by Crippen LogP contribution is -2.39. The minimum Gasteiger partial charge on any atom is -0.497 e. The van der Waals surface area contributed by atoms with E-state index in [1.165, 1.54) is 18.4 Å². The van der Waals surface area contributed by atoms with Gasteiger partial charge in [0.25, 0.3) is 0 Å². The third kappa shape index (κ3) is 3.51. The highest BCUT2D eigenvalue weighted by atomic mass is 16.6. The van der Waals surface area contributed by atoms with Crippen LogP contribution in [0.3, 0.4) is 0 Å². The monoisotopic (exact) mass is 277 g/mol. The summed E-state index contributed by atoms with van der Waals surface area (Å²) in [6, 6.07) is 8.81. The van der Waals surface area contributed by atoms with Gasteiger partial charge in [0.15, 0.2) is 0 Å². The van der Waals surface area contributed by atoms with Crippen LogP contribution in [-0.4, -0.2) is 39.6 Å². The molecule has 2 unspecified atom stereocenters. The van der Waals surface area contributed by atoms with Gasteiger partial charge in [-0.15, -0.1) is 0 Å². The molecular weight excluding hydrogens is 254 g/mol. The Balaban J connectivity index is 1.59. The second-order valence-electron chi connectivity index (χ2n) is 5.56. The van der Waals surface area contributed by atoms with Crippen LogP contribution in [0, 0.1) is 5.92 Å². The number of benzene rings is 1. The Bertz CT molecular complexity index is 410. The maximum atomic E-state index is 5.69. The molecule has 0 spiro atoms. The molecule has 0 aromatic heterocycles. The summed E-state index contributed by atoms with van der Waals surface area (Å²) in [5.74, 6) is 1.67. The van der Waals surface area contributed by atoms with E-state index in [1.807, 2.05) is 12.1 Å². The number of methoxy groups -OCH3 is 1. The van der Waals surface area contributed by atoms with E-state index in [2.05, 4.69) is 17.4 Å². The van der Waals surface area contributed by atoms with Gasteiger partial charge in [-0.1, -0.05) is 12.1 Å². The number of rotatable bonds is 6. The molecule has 1 aromatic carbocycles. The summed E-state index contributed by atoms with van der Waals surface area (Å²) in [6.45, 7) is 2.99. The summed E-state index contributed by atoms with van der Waals surface area (Å²) >= 11 is 0. The maximum Gasteiger partial charge on any atom is 0.118 e. The van der Waals surface area contributed by atoms with Crippen molar-refractivity contribution in [1.82, 2.24) is 5.32 Å². The molecular formula is C16H23NO3. The highest BCUT2D eigenvalue weighted by Crippen LogP contribution is 2.41. The van der Waals surface area contributed by atoms with Gasteiger partial charge < -0.3 is 19.5 Å². The Hall–Kier alpha value is -1.10. The molecule has 1 aliphatic heterocycles. The number of nitrogens with one attached hydrogen (secondary N) is 1. The molecule has 1 saturated carbocycles. The number of hydrogen-bond donors (Lipinski definition) is 1. The second-order valence-corrected chi connectivity index (χ2v) is 5.56. The van der Waals surface area contributed by atoms with Gasteiger partial charge in [0.05, 0.1) is 33.0 Å². The molecule has 1 saturated heterocycles. The molecule has 1 aromatic rings. The molecule has 4 nitrogen and oxygen atoms in total. The molecule has 20 heavy (non-hydrogen) atoms. The fourth-order valence-electron chi connectivity index (χ4n) is 2.71. The Morgan fingerprint density at radius 3 is 2.65 bits per heavy atom. The lowest BCUT2D eigenvalue weighted by molar-refractivity contribution is -0.0872. The molecule has 0 bridgehead atoms. The summed E-state index contributed by atoms with van der Waals surface area (Å²) in [6.07, 6.45) is 2.81. The summed E-state index contributed by atoms with van der Waals surface area (Å²) in [4.78, 5) is 0. The molecule has 2 aliphatic rings. The van der Waals surface area contributed by atoms with Crippen molar-refractivity contribution in [3.63, 3.8) is 0 Å². The number of hydrogen-bond acceptors (Lipinski definition) is 4. The molecule has 0 amide bonds. The molecule has 0 radical (unpaired) electrons. The first-order valence-electron chi connectivity index (χ1n) is 7.43. The van der Waals surface area contributed by atoms with E-state index >= 15 is 0 Å². The van der Waals surface area contributed by atoms with Crippen molar-refractivity contribution >= 4 is 0 Å². The summed E-state index contributed by atoms with van der Waals surface area (Å²) < 4.78 is 16.4. The fourth-order valence-corrected chi connectivity index (χ4v) is 2.71. The molecule has 110 valence electrons. The third-order valence-corrected chi connectivity index (χ3v) is 4.02. The Kier molecular flexibility index (Phi) is 4.55. The van der Waals surface area contributed by atoms with Crippen molar-refractivity contribution in [3.8, 4) is 5.75 Å². The van der Waals surface area contributed by atoms with E-state index in [9.17, 15) is 0 Å². The van der Waals surface area contributed by atoms with Gasteiger partial charge in [-0.25, -0.2) is 0 Å². The topological polar surface area (TPSA) is 39.7 Å². The van der Waals surface area contributed by atoms with Crippen LogP contribution in [0.5, 0.6) is 5.75 Å². The predicted molar refractivity (Wildman–Crippen MR) is 77.0 cm³/mol. The van der Waals surface area contributed by atoms with Crippen LogP contribution in [0.1, 0.15) is 24.4 Å². The molecule has 3 rings (SSSR count). The smallest absolute Gasteiger partial charge is 0.118 e. The Labute approximate surface area is 120 Å². The van der Waals surface area contributed by atoms with Crippen LogP contribution in [0.4, 0.5) is 0 Å². The average Bonchev–Trinajstić information content (AvgIpc) is 3.34. The van der Waals surface area contributed by atoms with Gasteiger partial charge in [0, 0.05) is 12.6 Å². The molecule has 1 N–H and O–H groups in total. The normalized spacial score (nSPS) is 24.4. The fraction of sp³-hybridized carbons (Fsp3) is 0.625. The highest BCUT2D eigenvalue weighted by Gasteiger charge is 2.32. The highest BCUT2D eigenvalue weighted by molar-refractivity contribution is 5.30. The lowest BCUT2D eigenvalue weighted by atomic mass is 10.0. The van der Waals surface area contributed by atoms with Crippen LogP contribution in [0.15, 0.2) is 24.3 Å². The summed E-state index contributed by atoms with van der Waals surface area (Å²) in [7, 11) is 1.70. The van der Waals surface area contributed by atoms with Crippen LogP contribution < -0.4 is 10.1 Å². The van der Waals surface area contributed by atoms with Gasteiger partial charge in [-0.05, 0) is 36.5 Å². The molecule has 4 heteroatoms. The molecule has 2 fully saturated rings. The summed E-state index contributed by atoms with van der Waals surface area (Å²) in [5, 5.41) is 3.66. The molecule has 1 heterocycles. The van der Waals surface area contributed by atoms with Crippen LogP contribution in [0.25, 0.3) is 0 Å². The summed E-state index contributed by atoms with van der Waals surface area (Å²) in [5.41, 5.74) is 1.34. The molecule has 1 aliphatic carbocycles. The first-order valence-corrected chi connectivity index (χ1v) is 7.43. The van der Waals surface area contributed by atoms with Gasteiger partial charge in [-0.2, -0.15) is 0 Å². The van der Waals surface area contributed by atoms with E-state index in [0.717, 1.165) is 24.8 Å². The van der Waals surface area contributed by atoms with Crippen molar-refractivity contribution < 1.29 is 14.2 Å². The standard InChI is InChI=1S/C16H23NO3/c1-18-14-6-4-13(5-7-14)16(12-2-3-12)17-10-15-11-19-8-9-20-15/h4-7,12,15-17H,2-3,8-11H2,1H3. The third-order valence-electron chi connectivity index (χ3n) is 4.02. The van der Waals surface area contributed by atoms with Crippen LogP contribution >= 0.6 is 0 Å². The van der Waals surface area contributed by atoms with Crippen LogP contribution in [0.2, 0.25) is 0 Å². The van der Waals surface area contributed by atoms with Crippen molar-refractivity contribution in [1.29, 1.82) is 0 Å². The zero-order valence-corrected chi connectivity index (χ0v) is 12.0. The molecule has 2 atom stereocenters. The lowest BCUT2D eigenvalue weighted by Gasteiger charge is -2.26. The second kappa shape index (κ2) is 6.57. The van der Waals surface area contributed by atoms with E-state index in [-0.39, 0.29) is 6.10 Å². The quantitative estimate of drug-likeness (QED) is 0.865. The van der Waals surface area contributed by atoms with Crippen LogP contribution in [-0.2, 0) is 9.47 Å². The van der Waals surface area contributed by atoms with Gasteiger partial charge >= 0.3 is 0 Å². The zero-order chi connectivity index (χ0) is 13.8. The van der Waals surface area contributed by atoms with Gasteiger partial charge in [0.2, 0.25) is 0 Å². The first-order chi connectivity index (χ1) is 9.86. The average molecular weight is 277 g/mol. The largest absolute Gasteiger partial charge is 0.497 e. The predicted octanol–water partition coefficient (Wildman–Crippen LogP) is 2.15.